The first kappa shape index (κ1) is 9.80. The van der Waals surface area contributed by atoms with Gasteiger partial charge in [0, 0.05) is 4.47 Å². The maximum absolute atomic E-state index is 11.3. The number of amides is 1. The fraction of sp³-hybridized carbons (Fsp3) is 0.222. The van der Waals surface area contributed by atoms with Gasteiger partial charge in [-0.2, -0.15) is 0 Å². The fourth-order valence-electron chi connectivity index (χ4n) is 1.24. The van der Waals surface area contributed by atoms with E-state index in [1.807, 2.05) is 0 Å². The van der Waals surface area contributed by atoms with Gasteiger partial charge in [0.1, 0.15) is 0 Å². The van der Waals surface area contributed by atoms with Crippen molar-refractivity contribution in [2.24, 2.45) is 0 Å². The molecule has 1 unspecified atom stereocenters. The lowest BCUT2D eigenvalue weighted by atomic mass is 10.2. The van der Waals surface area contributed by atoms with Crippen LogP contribution in [0.3, 0.4) is 0 Å². The summed E-state index contributed by atoms with van der Waals surface area (Å²) in [5.74, 6) is 0.369. The molecule has 0 spiro atoms. The van der Waals surface area contributed by atoms with Gasteiger partial charge in [0.05, 0.1) is 10.7 Å². The molecule has 0 radical (unpaired) electrons. The third kappa shape index (κ3) is 1.60. The van der Waals surface area contributed by atoms with Crippen LogP contribution in [0.25, 0.3) is 0 Å². The molecule has 1 N–H and O–H groups in total. The Morgan fingerprint density at radius 3 is 3.00 bits per heavy atom. The van der Waals surface area contributed by atoms with E-state index in [2.05, 4.69) is 21.2 Å². The number of halogens is 2. The van der Waals surface area contributed by atoms with Gasteiger partial charge < -0.3 is 10.1 Å². The van der Waals surface area contributed by atoms with Crippen LogP contribution < -0.4 is 10.1 Å². The summed E-state index contributed by atoms with van der Waals surface area (Å²) in [6, 6.07) is 3.48. The largest absolute Gasteiger partial charge is 0.477 e. The molecule has 1 heterocycles. The molecule has 74 valence electrons. The maximum Gasteiger partial charge on any atom is 0.265 e. The number of fused-ring (bicyclic) bond motifs is 1. The number of hydrogen-bond acceptors (Lipinski definition) is 2. The molecule has 1 aliphatic rings. The zero-order chi connectivity index (χ0) is 10.3. The minimum Gasteiger partial charge on any atom is -0.477 e. The van der Waals surface area contributed by atoms with Crippen LogP contribution in [0.4, 0.5) is 5.69 Å². The van der Waals surface area contributed by atoms with Crippen molar-refractivity contribution in [2.45, 2.75) is 13.0 Å². The first-order valence-corrected chi connectivity index (χ1v) is 5.21. The highest BCUT2D eigenvalue weighted by Gasteiger charge is 2.25. The molecule has 1 amide bonds. The molecular formula is C9H7BrClNO2. The lowest BCUT2D eigenvalue weighted by molar-refractivity contribution is -0.122. The Bertz CT molecular complexity index is 408. The fourth-order valence-corrected chi connectivity index (χ4v) is 2.09. The summed E-state index contributed by atoms with van der Waals surface area (Å²) in [5.41, 5.74) is 0.604. The van der Waals surface area contributed by atoms with Crippen molar-refractivity contribution in [3.8, 4) is 5.75 Å². The molecule has 0 aromatic heterocycles. The summed E-state index contributed by atoms with van der Waals surface area (Å²) >= 11 is 9.24. The normalized spacial score (nSPS) is 19.6. The van der Waals surface area contributed by atoms with Crippen molar-refractivity contribution >= 4 is 39.1 Å². The second-order valence-corrected chi connectivity index (χ2v) is 4.34. The van der Waals surface area contributed by atoms with Crippen LogP contribution in [-0.4, -0.2) is 12.0 Å². The van der Waals surface area contributed by atoms with E-state index in [-0.39, 0.29) is 5.91 Å². The third-order valence-electron chi connectivity index (χ3n) is 1.93. The maximum atomic E-state index is 11.3. The van der Waals surface area contributed by atoms with Gasteiger partial charge in [0.25, 0.3) is 5.91 Å². The molecule has 0 saturated heterocycles. The first-order valence-electron chi connectivity index (χ1n) is 4.04. The number of hydrogen-bond donors (Lipinski definition) is 1. The van der Waals surface area contributed by atoms with E-state index >= 15 is 0 Å². The molecule has 0 aliphatic carbocycles. The minimum atomic E-state index is -0.499. The number of rotatable bonds is 0. The number of anilines is 1. The molecule has 2 rings (SSSR count). The molecule has 1 atom stereocenters. The second kappa shape index (κ2) is 3.44. The third-order valence-corrected chi connectivity index (χ3v) is 2.67. The highest BCUT2D eigenvalue weighted by atomic mass is 79.9. The van der Waals surface area contributed by atoms with Gasteiger partial charge in [-0.1, -0.05) is 27.5 Å². The summed E-state index contributed by atoms with van der Waals surface area (Å²) in [7, 11) is 0. The Hall–Kier alpha value is -0.740. The number of ether oxygens (including phenoxy) is 1. The monoisotopic (exact) mass is 275 g/mol. The van der Waals surface area contributed by atoms with Crippen LogP contribution in [0.1, 0.15) is 6.92 Å². The van der Waals surface area contributed by atoms with Gasteiger partial charge in [-0.15, -0.1) is 0 Å². The number of carbonyl (C=O) groups excluding carboxylic acids is 1. The lowest BCUT2D eigenvalue weighted by Crippen LogP contribution is -2.34. The predicted octanol–water partition coefficient (Wildman–Crippen LogP) is 2.82. The highest BCUT2D eigenvalue weighted by Crippen LogP contribution is 2.39. The zero-order valence-electron chi connectivity index (χ0n) is 7.30. The average molecular weight is 277 g/mol. The molecule has 1 aromatic carbocycles. The molecule has 0 bridgehead atoms. The van der Waals surface area contributed by atoms with Gasteiger partial charge in [-0.3, -0.25) is 4.79 Å². The Morgan fingerprint density at radius 2 is 2.29 bits per heavy atom. The van der Waals surface area contributed by atoms with Gasteiger partial charge in [0.15, 0.2) is 11.9 Å². The van der Waals surface area contributed by atoms with E-state index in [1.165, 1.54) is 0 Å². The summed E-state index contributed by atoms with van der Waals surface area (Å²) in [4.78, 5) is 11.3. The smallest absolute Gasteiger partial charge is 0.265 e. The van der Waals surface area contributed by atoms with Crippen molar-refractivity contribution < 1.29 is 9.53 Å². The highest BCUT2D eigenvalue weighted by molar-refractivity contribution is 9.10. The summed E-state index contributed by atoms with van der Waals surface area (Å²) in [6.45, 7) is 1.68. The molecule has 0 saturated carbocycles. The Balaban J connectivity index is 2.51. The van der Waals surface area contributed by atoms with Crippen molar-refractivity contribution in [1.29, 1.82) is 0 Å². The molecular weight excluding hydrogens is 269 g/mol. The van der Waals surface area contributed by atoms with Crippen molar-refractivity contribution in [2.75, 3.05) is 5.32 Å². The minimum absolute atomic E-state index is 0.160. The molecule has 14 heavy (non-hydrogen) atoms. The molecule has 5 heteroatoms. The Morgan fingerprint density at radius 1 is 1.57 bits per heavy atom. The van der Waals surface area contributed by atoms with Gasteiger partial charge in [-0.25, -0.2) is 0 Å². The van der Waals surface area contributed by atoms with Crippen LogP contribution in [0, 0.1) is 0 Å². The standard InChI is InChI=1S/C9H7BrClNO2/c1-4-9(13)12-7-3-5(10)2-6(11)8(7)14-4/h2-4H,1H3,(H,12,13). The van der Waals surface area contributed by atoms with Crippen molar-refractivity contribution in [3.05, 3.63) is 21.6 Å². The topological polar surface area (TPSA) is 38.3 Å². The van der Waals surface area contributed by atoms with Gasteiger partial charge in [-0.05, 0) is 19.1 Å². The first-order chi connectivity index (χ1) is 6.58. The van der Waals surface area contributed by atoms with Crippen LogP contribution in [0.2, 0.25) is 5.02 Å². The van der Waals surface area contributed by atoms with Crippen LogP contribution >= 0.6 is 27.5 Å². The van der Waals surface area contributed by atoms with Gasteiger partial charge in [0.2, 0.25) is 0 Å². The summed E-state index contributed by atoms with van der Waals surface area (Å²) in [5, 5.41) is 3.20. The lowest BCUT2D eigenvalue weighted by Gasteiger charge is -2.24. The van der Waals surface area contributed by atoms with Crippen LogP contribution in [-0.2, 0) is 4.79 Å². The number of carbonyl (C=O) groups is 1. The predicted molar refractivity (Wildman–Crippen MR) is 57.9 cm³/mol. The number of nitrogens with one attached hydrogen (secondary N) is 1. The van der Waals surface area contributed by atoms with Crippen molar-refractivity contribution in [1.82, 2.24) is 0 Å². The van der Waals surface area contributed by atoms with Crippen LogP contribution in [0.15, 0.2) is 16.6 Å². The van der Waals surface area contributed by atoms with E-state index in [0.29, 0.717) is 16.5 Å². The van der Waals surface area contributed by atoms with E-state index in [0.717, 1.165) is 4.47 Å². The van der Waals surface area contributed by atoms with Crippen molar-refractivity contribution in [3.63, 3.8) is 0 Å². The second-order valence-electron chi connectivity index (χ2n) is 3.01. The molecule has 3 nitrogen and oxygen atoms in total. The number of benzene rings is 1. The van der Waals surface area contributed by atoms with Gasteiger partial charge >= 0.3 is 0 Å². The SMILES string of the molecule is CC1Oc2c(Cl)cc(Br)cc2NC1=O. The average Bonchev–Trinajstić information content (AvgIpc) is 2.08. The van der Waals surface area contributed by atoms with E-state index < -0.39 is 6.10 Å². The van der Waals surface area contributed by atoms with E-state index in [4.69, 9.17) is 16.3 Å². The zero-order valence-corrected chi connectivity index (χ0v) is 9.65. The van der Waals surface area contributed by atoms with E-state index in [1.54, 1.807) is 19.1 Å². The Kier molecular flexibility index (Phi) is 2.41. The van der Waals surface area contributed by atoms with E-state index in [9.17, 15) is 4.79 Å². The molecule has 1 aromatic rings. The summed E-state index contributed by atoms with van der Waals surface area (Å²) in [6.07, 6.45) is -0.499. The molecule has 1 aliphatic heterocycles. The summed E-state index contributed by atoms with van der Waals surface area (Å²) < 4.78 is 6.17. The Labute approximate surface area is 94.5 Å². The quantitative estimate of drug-likeness (QED) is 0.791. The van der Waals surface area contributed by atoms with Crippen LogP contribution in [0.5, 0.6) is 5.75 Å². The molecule has 0 fully saturated rings.